The first-order valence-electron chi connectivity index (χ1n) is 6.00. The molecule has 4 nitrogen and oxygen atoms in total. The number of rotatable bonds is 3. The molecule has 0 aliphatic heterocycles. The Morgan fingerprint density at radius 3 is 2.50 bits per heavy atom. The van der Waals surface area contributed by atoms with Gasteiger partial charge in [0.25, 0.3) is 5.91 Å². The van der Waals surface area contributed by atoms with E-state index >= 15 is 0 Å². The number of hydrogen-bond donors (Lipinski definition) is 1. The first-order chi connectivity index (χ1) is 8.65. The summed E-state index contributed by atoms with van der Waals surface area (Å²) in [6, 6.07) is 9.84. The van der Waals surface area contributed by atoms with E-state index in [1.807, 2.05) is 35.0 Å². The summed E-state index contributed by atoms with van der Waals surface area (Å²) in [6.45, 7) is 4.12. The van der Waals surface area contributed by atoms with Crippen LogP contribution in [-0.4, -0.2) is 22.7 Å². The summed E-state index contributed by atoms with van der Waals surface area (Å²) in [5.74, 6) is 0.126. The van der Waals surface area contributed by atoms with Crippen molar-refractivity contribution in [2.75, 3.05) is 7.05 Å². The van der Waals surface area contributed by atoms with Crippen LogP contribution < -0.4 is 5.32 Å². The van der Waals surface area contributed by atoms with Gasteiger partial charge in [0.05, 0.1) is 23.1 Å². The fourth-order valence-corrected chi connectivity index (χ4v) is 2.00. The maximum atomic E-state index is 11.8. The third-order valence-corrected chi connectivity index (χ3v) is 2.83. The molecule has 18 heavy (non-hydrogen) atoms. The molecular formula is C14H17N3O. The smallest absolute Gasteiger partial charge is 0.254 e. The summed E-state index contributed by atoms with van der Waals surface area (Å²) in [5.41, 5.74) is 2.54. The lowest BCUT2D eigenvalue weighted by molar-refractivity contribution is 0.0961. The van der Waals surface area contributed by atoms with Gasteiger partial charge >= 0.3 is 0 Å². The highest BCUT2D eigenvalue weighted by Gasteiger charge is 2.19. The normalized spacial score (nSPS) is 10.7. The first kappa shape index (κ1) is 12.4. The molecule has 0 aliphatic rings. The van der Waals surface area contributed by atoms with Gasteiger partial charge in [-0.15, -0.1) is 0 Å². The van der Waals surface area contributed by atoms with Crippen LogP contribution in [0, 0.1) is 0 Å². The van der Waals surface area contributed by atoms with Gasteiger partial charge in [-0.2, -0.15) is 5.10 Å². The maximum Gasteiger partial charge on any atom is 0.254 e. The zero-order chi connectivity index (χ0) is 13.1. The summed E-state index contributed by atoms with van der Waals surface area (Å²) in [4.78, 5) is 11.8. The zero-order valence-electron chi connectivity index (χ0n) is 10.8. The molecule has 94 valence electrons. The molecule has 0 spiro atoms. The minimum Gasteiger partial charge on any atom is -0.355 e. The Hall–Kier alpha value is -2.10. The molecule has 2 aromatic rings. The second kappa shape index (κ2) is 5.04. The molecule has 0 saturated heterocycles. The molecule has 0 aliphatic carbocycles. The van der Waals surface area contributed by atoms with Gasteiger partial charge in [-0.25, -0.2) is 4.68 Å². The molecule has 1 amide bonds. The molecule has 0 bridgehead atoms. The van der Waals surface area contributed by atoms with Crippen molar-refractivity contribution in [2.45, 2.75) is 19.8 Å². The summed E-state index contributed by atoms with van der Waals surface area (Å²) < 4.78 is 1.83. The van der Waals surface area contributed by atoms with E-state index in [1.165, 1.54) is 0 Å². The third kappa shape index (κ3) is 2.14. The standard InChI is InChI=1S/C14H17N3O/c1-10(2)13-12(14(18)15-3)9-16-17(13)11-7-5-4-6-8-11/h4-10H,1-3H3,(H,15,18). The van der Waals surface area contributed by atoms with Crippen LogP contribution in [0.2, 0.25) is 0 Å². The molecule has 1 heterocycles. The van der Waals surface area contributed by atoms with Crippen molar-refractivity contribution in [1.29, 1.82) is 0 Å². The third-order valence-electron chi connectivity index (χ3n) is 2.83. The Morgan fingerprint density at radius 2 is 1.94 bits per heavy atom. The summed E-state index contributed by atoms with van der Waals surface area (Å²) in [6.07, 6.45) is 1.63. The van der Waals surface area contributed by atoms with Crippen molar-refractivity contribution < 1.29 is 4.79 Å². The largest absolute Gasteiger partial charge is 0.355 e. The Balaban J connectivity index is 2.56. The van der Waals surface area contributed by atoms with Crippen molar-refractivity contribution in [3.63, 3.8) is 0 Å². The summed E-state index contributed by atoms with van der Waals surface area (Å²) in [5, 5.41) is 6.98. The van der Waals surface area contributed by atoms with Gasteiger partial charge in [0.15, 0.2) is 0 Å². The predicted octanol–water partition coefficient (Wildman–Crippen LogP) is 2.36. The van der Waals surface area contributed by atoms with Crippen LogP contribution in [0.5, 0.6) is 0 Å². The van der Waals surface area contributed by atoms with Crippen molar-refractivity contribution in [3.05, 3.63) is 47.8 Å². The van der Waals surface area contributed by atoms with Crippen LogP contribution in [0.3, 0.4) is 0 Å². The predicted molar refractivity (Wildman–Crippen MR) is 71.0 cm³/mol. The zero-order valence-corrected chi connectivity index (χ0v) is 10.8. The highest BCUT2D eigenvalue weighted by atomic mass is 16.1. The molecule has 0 atom stereocenters. The molecule has 1 aromatic heterocycles. The average molecular weight is 243 g/mol. The number of nitrogens with one attached hydrogen (secondary N) is 1. The Kier molecular flexibility index (Phi) is 3.46. The Morgan fingerprint density at radius 1 is 1.28 bits per heavy atom. The minimum atomic E-state index is -0.0964. The number of benzene rings is 1. The van der Waals surface area contributed by atoms with Crippen molar-refractivity contribution >= 4 is 5.91 Å². The van der Waals surface area contributed by atoms with E-state index in [9.17, 15) is 4.79 Å². The van der Waals surface area contributed by atoms with E-state index in [0.29, 0.717) is 5.56 Å². The van der Waals surface area contributed by atoms with Crippen molar-refractivity contribution in [1.82, 2.24) is 15.1 Å². The first-order valence-corrected chi connectivity index (χ1v) is 6.00. The maximum absolute atomic E-state index is 11.8. The van der Waals surface area contributed by atoms with Crippen LogP contribution in [0.1, 0.15) is 35.8 Å². The summed E-state index contributed by atoms with van der Waals surface area (Å²) >= 11 is 0. The highest BCUT2D eigenvalue weighted by molar-refractivity contribution is 5.95. The Bertz CT molecular complexity index is 543. The number of hydrogen-bond acceptors (Lipinski definition) is 2. The topological polar surface area (TPSA) is 46.9 Å². The molecule has 2 rings (SSSR count). The van der Waals surface area contributed by atoms with E-state index in [1.54, 1.807) is 13.2 Å². The van der Waals surface area contributed by atoms with Crippen molar-refractivity contribution in [2.24, 2.45) is 0 Å². The van der Waals surface area contributed by atoms with Gasteiger partial charge in [0, 0.05) is 7.05 Å². The second-order valence-electron chi connectivity index (χ2n) is 4.42. The van der Waals surface area contributed by atoms with E-state index in [2.05, 4.69) is 24.3 Å². The molecule has 0 unspecified atom stereocenters. The SMILES string of the molecule is CNC(=O)c1cnn(-c2ccccc2)c1C(C)C. The van der Waals surface area contributed by atoms with Crippen LogP contribution in [0.25, 0.3) is 5.69 Å². The fourth-order valence-electron chi connectivity index (χ4n) is 2.00. The lowest BCUT2D eigenvalue weighted by atomic mass is 10.1. The molecule has 1 N–H and O–H groups in total. The minimum absolute atomic E-state index is 0.0964. The lowest BCUT2D eigenvalue weighted by Crippen LogP contribution is -2.20. The quantitative estimate of drug-likeness (QED) is 0.899. The van der Waals surface area contributed by atoms with Gasteiger partial charge in [0.2, 0.25) is 0 Å². The molecule has 0 fully saturated rings. The number of carbonyl (C=O) groups is 1. The summed E-state index contributed by atoms with van der Waals surface area (Å²) in [7, 11) is 1.63. The lowest BCUT2D eigenvalue weighted by Gasteiger charge is -2.12. The molecule has 0 saturated carbocycles. The average Bonchev–Trinajstić information content (AvgIpc) is 2.83. The van der Waals surface area contributed by atoms with Crippen molar-refractivity contribution in [3.8, 4) is 5.69 Å². The highest BCUT2D eigenvalue weighted by Crippen LogP contribution is 2.22. The number of nitrogens with zero attached hydrogens (tertiary/aromatic N) is 2. The van der Waals surface area contributed by atoms with Crippen LogP contribution >= 0.6 is 0 Å². The van der Waals surface area contributed by atoms with Gasteiger partial charge < -0.3 is 5.32 Å². The van der Waals surface area contributed by atoms with E-state index < -0.39 is 0 Å². The molecule has 1 aromatic carbocycles. The molecular weight excluding hydrogens is 226 g/mol. The number of aromatic nitrogens is 2. The monoisotopic (exact) mass is 243 g/mol. The van der Waals surface area contributed by atoms with Gasteiger partial charge in [0.1, 0.15) is 0 Å². The van der Waals surface area contributed by atoms with Gasteiger partial charge in [-0.3, -0.25) is 4.79 Å². The van der Waals surface area contributed by atoms with Crippen LogP contribution in [0.4, 0.5) is 0 Å². The van der Waals surface area contributed by atoms with Gasteiger partial charge in [-0.05, 0) is 18.1 Å². The number of para-hydroxylation sites is 1. The van der Waals surface area contributed by atoms with E-state index in [0.717, 1.165) is 11.4 Å². The number of amides is 1. The van der Waals surface area contributed by atoms with Crippen LogP contribution in [0.15, 0.2) is 36.5 Å². The molecule has 0 radical (unpaired) electrons. The Labute approximate surface area is 107 Å². The van der Waals surface area contributed by atoms with Gasteiger partial charge in [-0.1, -0.05) is 32.0 Å². The number of carbonyl (C=O) groups excluding carboxylic acids is 1. The fraction of sp³-hybridized carbons (Fsp3) is 0.286. The van der Waals surface area contributed by atoms with E-state index in [-0.39, 0.29) is 11.8 Å². The van der Waals surface area contributed by atoms with Crippen LogP contribution in [-0.2, 0) is 0 Å². The second-order valence-corrected chi connectivity index (χ2v) is 4.42. The molecule has 4 heteroatoms. The van der Waals surface area contributed by atoms with E-state index in [4.69, 9.17) is 0 Å².